The second-order valence-electron chi connectivity index (χ2n) is 9.65. The quantitative estimate of drug-likeness (QED) is 0.666. The zero-order valence-corrected chi connectivity index (χ0v) is 20.2. The molecule has 2 heterocycles. The van der Waals surface area contributed by atoms with Crippen molar-refractivity contribution in [2.24, 2.45) is 5.92 Å². The van der Waals surface area contributed by atoms with Crippen molar-refractivity contribution in [1.82, 2.24) is 15.1 Å². The Morgan fingerprint density at radius 3 is 2.63 bits per heavy atom. The molecule has 3 amide bonds. The van der Waals surface area contributed by atoms with E-state index in [9.17, 15) is 19.5 Å². The number of carbonyl (C=O) groups is 3. The molecule has 2 aliphatic rings. The van der Waals surface area contributed by atoms with Crippen molar-refractivity contribution in [3.63, 3.8) is 0 Å². The summed E-state index contributed by atoms with van der Waals surface area (Å²) in [6, 6.07) is 13.1. The smallest absolute Gasteiger partial charge is 0.255 e. The van der Waals surface area contributed by atoms with Crippen molar-refractivity contribution in [1.29, 1.82) is 5.26 Å². The van der Waals surface area contributed by atoms with Crippen molar-refractivity contribution in [2.75, 3.05) is 6.54 Å². The molecular formula is C27H30N4O4. The van der Waals surface area contributed by atoms with Gasteiger partial charge in [-0.2, -0.15) is 5.26 Å². The first-order valence-corrected chi connectivity index (χ1v) is 11.9. The molecule has 0 aromatic heterocycles. The van der Waals surface area contributed by atoms with Gasteiger partial charge in [-0.25, -0.2) is 0 Å². The highest BCUT2D eigenvalue weighted by molar-refractivity contribution is 6.01. The predicted molar refractivity (Wildman–Crippen MR) is 129 cm³/mol. The third-order valence-electron chi connectivity index (χ3n) is 6.86. The molecular weight excluding hydrogens is 444 g/mol. The summed E-state index contributed by atoms with van der Waals surface area (Å²) in [5.41, 5.74) is 3.78. The number of hydrogen-bond acceptors (Lipinski definition) is 5. The Morgan fingerprint density at radius 2 is 1.97 bits per heavy atom. The van der Waals surface area contributed by atoms with Crippen molar-refractivity contribution in [3.8, 4) is 6.07 Å². The average Bonchev–Trinajstić information content (AvgIpc) is 3.38. The lowest BCUT2D eigenvalue weighted by atomic mass is 10.00. The third-order valence-corrected chi connectivity index (χ3v) is 6.86. The number of nitriles is 1. The lowest BCUT2D eigenvalue weighted by Crippen LogP contribution is -2.55. The first kappa shape index (κ1) is 24.4. The number of amides is 3. The van der Waals surface area contributed by atoms with Crippen LogP contribution in [0.5, 0.6) is 0 Å². The molecule has 0 aliphatic carbocycles. The Hall–Kier alpha value is -3.70. The monoisotopic (exact) mass is 474 g/mol. The molecule has 0 radical (unpaired) electrons. The van der Waals surface area contributed by atoms with Gasteiger partial charge in [0.2, 0.25) is 11.8 Å². The zero-order chi connectivity index (χ0) is 25.3. The SMILES string of the molecule is Cc1cc(C#N)ccc1CNC(=O)C1CC(O)CN1C(=O)C(C(C)C)N1Cc2ccccc2C1=O. The topological polar surface area (TPSA) is 114 Å². The highest BCUT2D eigenvalue weighted by Crippen LogP contribution is 2.30. The van der Waals surface area contributed by atoms with Crippen molar-refractivity contribution in [3.05, 3.63) is 70.3 Å². The van der Waals surface area contributed by atoms with Crippen molar-refractivity contribution < 1.29 is 19.5 Å². The third kappa shape index (κ3) is 4.77. The first-order valence-electron chi connectivity index (χ1n) is 11.9. The molecule has 2 aliphatic heterocycles. The lowest BCUT2D eigenvalue weighted by Gasteiger charge is -2.35. The van der Waals surface area contributed by atoms with Crippen LogP contribution in [0.25, 0.3) is 0 Å². The van der Waals surface area contributed by atoms with Gasteiger partial charge in [0.25, 0.3) is 5.91 Å². The van der Waals surface area contributed by atoms with Crippen LogP contribution >= 0.6 is 0 Å². The van der Waals surface area contributed by atoms with E-state index in [4.69, 9.17) is 5.26 Å². The zero-order valence-electron chi connectivity index (χ0n) is 20.2. The van der Waals surface area contributed by atoms with E-state index < -0.39 is 18.2 Å². The van der Waals surface area contributed by atoms with Gasteiger partial charge >= 0.3 is 0 Å². The summed E-state index contributed by atoms with van der Waals surface area (Å²) in [5, 5.41) is 22.3. The minimum Gasteiger partial charge on any atom is -0.391 e. The minimum absolute atomic E-state index is 0.0466. The molecule has 8 nitrogen and oxygen atoms in total. The van der Waals surface area contributed by atoms with Crippen LogP contribution in [0.15, 0.2) is 42.5 Å². The average molecular weight is 475 g/mol. The number of rotatable bonds is 6. The van der Waals surface area contributed by atoms with E-state index in [-0.39, 0.29) is 43.1 Å². The molecule has 2 aromatic carbocycles. The van der Waals surface area contributed by atoms with Gasteiger partial charge in [0.1, 0.15) is 12.1 Å². The summed E-state index contributed by atoms with van der Waals surface area (Å²) in [4.78, 5) is 43.0. The fraction of sp³-hybridized carbons (Fsp3) is 0.407. The van der Waals surface area contributed by atoms with Crippen LogP contribution in [0.4, 0.5) is 0 Å². The Morgan fingerprint density at radius 1 is 1.23 bits per heavy atom. The number of aliphatic hydroxyl groups excluding tert-OH is 1. The number of benzene rings is 2. The van der Waals surface area contributed by atoms with Crippen LogP contribution in [0.2, 0.25) is 0 Å². The molecule has 182 valence electrons. The van der Waals surface area contributed by atoms with E-state index >= 15 is 0 Å². The fourth-order valence-corrected chi connectivity index (χ4v) is 5.02. The van der Waals surface area contributed by atoms with Gasteiger partial charge in [-0.3, -0.25) is 14.4 Å². The highest BCUT2D eigenvalue weighted by atomic mass is 16.3. The summed E-state index contributed by atoms with van der Waals surface area (Å²) in [6.07, 6.45) is -0.672. The highest BCUT2D eigenvalue weighted by Gasteiger charge is 2.45. The summed E-state index contributed by atoms with van der Waals surface area (Å²) >= 11 is 0. The number of aryl methyl sites for hydroxylation is 1. The lowest BCUT2D eigenvalue weighted by molar-refractivity contribution is -0.143. The summed E-state index contributed by atoms with van der Waals surface area (Å²) in [6.45, 7) is 6.27. The first-order chi connectivity index (χ1) is 16.7. The molecule has 2 aromatic rings. The van der Waals surface area contributed by atoms with Gasteiger partial charge in [0.05, 0.1) is 17.7 Å². The number of aliphatic hydroxyl groups is 1. The van der Waals surface area contributed by atoms with E-state index in [1.54, 1.807) is 35.2 Å². The van der Waals surface area contributed by atoms with Gasteiger partial charge in [-0.15, -0.1) is 0 Å². The normalized spacial score (nSPS) is 20.1. The summed E-state index contributed by atoms with van der Waals surface area (Å²) in [5.74, 6) is -1.04. The summed E-state index contributed by atoms with van der Waals surface area (Å²) < 4.78 is 0. The molecule has 0 saturated carbocycles. The number of hydrogen-bond donors (Lipinski definition) is 2. The van der Waals surface area contributed by atoms with Gasteiger partial charge in [-0.1, -0.05) is 38.1 Å². The maximum atomic E-state index is 13.7. The number of fused-ring (bicyclic) bond motifs is 1. The molecule has 3 atom stereocenters. The number of nitrogens with zero attached hydrogens (tertiary/aromatic N) is 3. The Balaban J connectivity index is 1.50. The van der Waals surface area contributed by atoms with Crippen molar-refractivity contribution >= 4 is 17.7 Å². The maximum absolute atomic E-state index is 13.7. The van der Waals surface area contributed by atoms with Crippen LogP contribution in [0, 0.1) is 24.2 Å². The Bertz CT molecular complexity index is 1200. The molecule has 0 bridgehead atoms. The second kappa shape index (κ2) is 9.88. The van der Waals surface area contributed by atoms with Crippen LogP contribution in [-0.2, 0) is 22.7 Å². The van der Waals surface area contributed by atoms with E-state index in [0.717, 1.165) is 16.7 Å². The standard InChI is InChI=1S/C27H30N4O4/c1-16(2)24(31-14-20-6-4-5-7-22(20)26(31)34)27(35)30-15-21(32)11-23(30)25(33)29-13-19-9-8-18(12-28)10-17(19)3/h4-10,16,21,23-24,32H,11,13-15H2,1-3H3,(H,29,33). The van der Waals surface area contributed by atoms with Gasteiger partial charge in [-0.05, 0) is 47.7 Å². The molecule has 3 unspecified atom stereocenters. The minimum atomic E-state index is -0.822. The Kier molecular flexibility index (Phi) is 6.90. The molecule has 1 fully saturated rings. The van der Waals surface area contributed by atoms with Crippen molar-refractivity contribution in [2.45, 2.75) is 58.5 Å². The fourth-order valence-electron chi connectivity index (χ4n) is 5.02. The van der Waals surface area contributed by atoms with Crippen LogP contribution in [0.1, 0.15) is 52.9 Å². The molecule has 8 heteroatoms. The molecule has 2 N–H and O–H groups in total. The van der Waals surface area contributed by atoms with Gasteiger partial charge in [0.15, 0.2) is 0 Å². The van der Waals surface area contributed by atoms with Crippen LogP contribution < -0.4 is 5.32 Å². The maximum Gasteiger partial charge on any atom is 0.255 e. The largest absolute Gasteiger partial charge is 0.391 e. The van der Waals surface area contributed by atoms with Gasteiger partial charge in [0, 0.05) is 31.6 Å². The molecule has 1 saturated heterocycles. The van der Waals surface area contributed by atoms with Crippen LogP contribution in [-0.4, -0.2) is 57.4 Å². The summed E-state index contributed by atoms with van der Waals surface area (Å²) in [7, 11) is 0. The number of nitrogens with one attached hydrogen (secondary N) is 1. The number of likely N-dealkylation sites (tertiary alicyclic amines) is 1. The molecule has 4 rings (SSSR count). The molecule has 0 spiro atoms. The Labute approximate surface area is 205 Å². The second-order valence-corrected chi connectivity index (χ2v) is 9.65. The predicted octanol–water partition coefficient (Wildman–Crippen LogP) is 2.13. The number of carbonyl (C=O) groups excluding carboxylic acids is 3. The van der Waals surface area contributed by atoms with E-state index in [1.165, 1.54) is 4.90 Å². The van der Waals surface area contributed by atoms with E-state index in [0.29, 0.717) is 17.7 Å². The van der Waals surface area contributed by atoms with E-state index in [1.807, 2.05) is 32.9 Å². The van der Waals surface area contributed by atoms with E-state index in [2.05, 4.69) is 11.4 Å². The van der Waals surface area contributed by atoms with Crippen LogP contribution in [0.3, 0.4) is 0 Å². The van der Waals surface area contributed by atoms with Gasteiger partial charge < -0.3 is 20.2 Å². The molecule has 35 heavy (non-hydrogen) atoms. The number of β-amino-alcohol motifs (C(OH)–C–C–N with tert-alkyl or cyclic N) is 1.